The smallest absolute Gasteiger partial charge is 0.174 e. The van der Waals surface area contributed by atoms with Crippen LogP contribution in [0.2, 0.25) is 0 Å². The Labute approximate surface area is 165 Å². The van der Waals surface area contributed by atoms with Crippen molar-refractivity contribution < 1.29 is 19.0 Å². The Bertz CT molecular complexity index is 734. The molecule has 0 aliphatic carbocycles. The van der Waals surface area contributed by atoms with Crippen LogP contribution in [0.1, 0.15) is 21.8 Å². The standard InChI is InChI=1S/C21H25NO4S/c1-24-15-26-21(22-11-13-25-14-12-22)19(17-9-5-6-10-18(17)27)20(23)16-7-3-2-4-8-16/h2-10,19,21,27H,11-15H2,1H3. The van der Waals surface area contributed by atoms with Crippen molar-refractivity contribution in [3.63, 3.8) is 0 Å². The number of benzene rings is 2. The highest BCUT2D eigenvalue weighted by Gasteiger charge is 2.37. The molecule has 2 aromatic carbocycles. The van der Waals surface area contributed by atoms with Gasteiger partial charge in [0.1, 0.15) is 13.0 Å². The third-order valence-corrected chi connectivity index (χ3v) is 5.07. The van der Waals surface area contributed by atoms with Gasteiger partial charge in [-0.3, -0.25) is 9.69 Å². The van der Waals surface area contributed by atoms with Crippen LogP contribution >= 0.6 is 12.6 Å². The molecule has 0 N–H and O–H groups in total. The number of hydrogen-bond acceptors (Lipinski definition) is 6. The molecule has 1 heterocycles. The minimum absolute atomic E-state index is 0.00435. The van der Waals surface area contributed by atoms with Crippen molar-refractivity contribution in [2.24, 2.45) is 0 Å². The van der Waals surface area contributed by atoms with Crippen molar-refractivity contribution in [3.8, 4) is 0 Å². The Morgan fingerprint density at radius 1 is 1.11 bits per heavy atom. The number of Topliss-reactive ketones (excluding diaryl/α,β-unsaturated/α-hetero) is 1. The van der Waals surface area contributed by atoms with Gasteiger partial charge in [-0.15, -0.1) is 12.6 Å². The normalized spacial score (nSPS) is 17.4. The first-order valence-corrected chi connectivity index (χ1v) is 9.46. The van der Waals surface area contributed by atoms with Crippen LogP contribution < -0.4 is 0 Å². The van der Waals surface area contributed by atoms with Crippen LogP contribution in [0.25, 0.3) is 0 Å². The number of carbonyl (C=O) groups excluding carboxylic acids is 1. The first-order chi connectivity index (χ1) is 13.2. The first kappa shape index (κ1) is 20.0. The molecule has 0 bridgehead atoms. The maximum absolute atomic E-state index is 13.5. The van der Waals surface area contributed by atoms with E-state index in [1.807, 2.05) is 54.6 Å². The fourth-order valence-corrected chi connectivity index (χ4v) is 3.64. The fraction of sp³-hybridized carbons (Fsp3) is 0.381. The lowest BCUT2D eigenvalue weighted by molar-refractivity contribution is -0.153. The summed E-state index contributed by atoms with van der Waals surface area (Å²) in [6.07, 6.45) is -0.463. The predicted molar refractivity (Wildman–Crippen MR) is 106 cm³/mol. The number of methoxy groups -OCH3 is 1. The van der Waals surface area contributed by atoms with Gasteiger partial charge in [0.15, 0.2) is 5.78 Å². The zero-order chi connectivity index (χ0) is 19.1. The van der Waals surface area contributed by atoms with Crippen LogP contribution in [0.3, 0.4) is 0 Å². The lowest BCUT2D eigenvalue weighted by Crippen LogP contribution is -2.49. The van der Waals surface area contributed by atoms with Crippen molar-refractivity contribution in [3.05, 3.63) is 65.7 Å². The topological polar surface area (TPSA) is 48.0 Å². The molecule has 2 unspecified atom stereocenters. The summed E-state index contributed by atoms with van der Waals surface area (Å²) in [5.41, 5.74) is 1.50. The van der Waals surface area contributed by atoms with E-state index in [1.165, 1.54) is 0 Å². The molecule has 0 aromatic heterocycles. The van der Waals surface area contributed by atoms with E-state index in [9.17, 15) is 4.79 Å². The van der Waals surface area contributed by atoms with Crippen molar-refractivity contribution in [1.29, 1.82) is 0 Å². The van der Waals surface area contributed by atoms with Crippen LogP contribution in [0.15, 0.2) is 59.5 Å². The van der Waals surface area contributed by atoms with Crippen LogP contribution in [-0.4, -0.2) is 57.1 Å². The highest BCUT2D eigenvalue weighted by Crippen LogP contribution is 2.33. The van der Waals surface area contributed by atoms with Crippen molar-refractivity contribution in [2.75, 3.05) is 40.2 Å². The Kier molecular flexibility index (Phi) is 7.43. The molecule has 0 radical (unpaired) electrons. The molecular formula is C21H25NO4S. The third kappa shape index (κ3) is 4.97. The zero-order valence-corrected chi connectivity index (χ0v) is 16.3. The summed E-state index contributed by atoms with van der Waals surface area (Å²) in [6, 6.07) is 17.0. The van der Waals surface area contributed by atoms with Crippen molar-refractivity contribution in [1.82, 2.24) is 4.90 Å². The number of rotatable bonds is 8. The molecular weight excluding hydrogens is 362 g/mol. The summed E-state index contributed by atoms with van der Waals surface area (Å²) < 4.78 is 16.7. The zero-order valence-electron chi connectivity index (χ0n) is 15.4. The monoisotopic (exact) mass is 387 g/mol. The molecule has 3 rings (SSSR count). The second-order valence-corrected chi connectivity index (χ2v) is 6.86. The SMILES string of the molecule is COCOC(C(C(=O)c1ccccc1)c1ccccc1S)N1CCOCC1. The molecule has 0 saturated carbocycles. The van der Waals surface area contributed by atoms with E-state index in [4.69, 9.17) is 14.2 Å². The molecule has 2 atom stereocenters. The molecule has 1 fully saturated rings. The van der Waals surface area contributed by atoms with Gasteiger partial charge in [-0.05, 0) is 11.6 Å². The van der Waals surface area contributed by atoms with Crippen LogP contribution in [-0.2, 0) is 14.2 Å². The molecule has 0 amide bonds. The quantitative estimate of drug-likeness (QED) is 0.428. The van der Waals surface area contributed by atoms with Gasteiger partial charge in [-0.2, -0.15) is 0 Å². The summed E-state index contributed by atoms with van der Waals surface area (Å²) in [7, 11) is 1.58. The maximum Gasteiger partial charge on any atom is 0.174 e. The van der Waals surface area contributed by atoms with Crippen molar-refractivity contribution >= 4 is 18.4 Å². The van der Waals surface area contributed by atoms with E-state index in [2.05, 4.69) is 17.5 Å². The average Bonchev–Trinajstić information content (AvgIpc) is 2.73. The molecule has 1 saturated heterocycles. The van der Waals surface area contributed by atoms with Crippen LogP contribution in [0.5, 0.6) is 0 Å². The molecule has 27 heavy (non-hydrogen) atoms. The number of hydrogen-bond donors (Lipinski definition) is 1. The summed E-state index contributed by atoms with van der Waals surface area (Å²) in [6.45, 7) is 2.72. The van der Waals surface area contributed by atoms with E-state index in [1.54, 1.807) is 7.11 Å². The minimum atomic E-state index is -0.519. The Balaban J connectivity index is 2.02. The highest BCUT2D eigenvalue weighted by atomic mass is 32.1. The molecule has 144 valence electrons. The number of ketones is 1. The Hall–Kier alpha value is -1.70. The molecule has 0 spiro atoms. The summed E-state index contributed by atoms with van der Waals surface area (Å²) in [5.74, 6) is -0.515. The lowest BCUT2D eigenvalue weighted by atomic mass is 9.88. The number of thiol groups is 1. The molecule has 1 aliphatic rings. The molecule has 1 aliphatic heterocycles. The Morgan fingerprint density at radius 2 is 1.78 bits per heavy atom. The summed E-state index contributed by atoms with van der Waals surface area (Å²) >= 11 is 4.61. The van der Waals surface area contributed by atoms with E-state index < -0.39 is 12.1 Å². The molecule has 5 nitrogen and oxygen atoms in total. The fourth-order valence-electron chi connectivity index (χ4n) is 3.34. The third-order valence-electron chi connectivity index (χ3n) is 4.66. The van der Waals surface area contributed by atoms with Gasteiger partial charge in [0.05, 0.1) is 19.1 Å². The summed E-state index contributed by atoms with van der Waals surface area (Å²) in [5, 5.41) is 0. The summed E-state index contributed by atoms with van der Waals surface area (Å²) in [4.78, 5) is 16.4. The Morgan fingerprint density at radius 3 is 2.44 bits per heavy atom. The first-order valence-electron chi connectivity index (χ1n) is 9.02. The number of ether oxygens (including phenoxy) is 3. The van der Waals surface area contributed by atoms with Gasteiger partial charge >= 0.3 is 0 Å². The van der Waals surface area contributed by atoms with Gasteiger partial charge in [0.25, 0.3) is 0 Å². The van der Waals surface area contributed by atoms with Gasteiger partial charge < -0.3 is 14.2 Å². The van der Waals surface area contributed by atoms with E-state index in [0.29, 0.717) is 31.9 Å². The predicted octanol–water partition coefficient (Wildman–Crippen LogP) is 3.22. The number of carbonyl (C=O) groups is 1. The van der Waals surface area contributed by atoms with Crippen molar-refractivity contribution in [2.45, 2.75) is 17.0 Å². The van der Waals surface area contributed by atoms with E-state index in [0.717, 1.165) is 10.5 Å². The second-order valence-electron chi connectivity index (χ2n) is 6.38. The largest absolute Gasteiger partial charge is 0.379 e. The van der Waals surface area contributed by atoms with Gasteiger partial charge in [0.2, 0.25) is 0 Å². The van der Waals surface area contributed by atoms with Gasteiger partial charge in [0, 0.05) is 30.7 Å². The van der Waals surface area contributed by atoms with E-state index >= 15 is 0 Å². The lowest BCUT2D eigenvalue weighted by Gasteiger charge is -2.38. The highest BCUT2D eigenvalue weighted by molar-refractivity contribution is 7.80. The van der Waals surface area contributed by atoms with Gasteiger partial charge in [-0.25, -0.2) is 0 Å². The number of morpholine rings is 1. The minimum Gasteiger partial charge on any atom is -0.379 e. The molecule has 6 heteroatoms. The molecule has 2 aromatic rings. The van der Waals surface area contributed by atoms with Crippen LogP contribution in [0.4, 0.5) is 0 Å². The second kappa shape index (κ2) is 10.0. The average molecular weight is 388 g/mol. The number of nitrogens with zero attached hydrogens (tertiary/aromatic N) is 1. The van der Waals surface area contributed by atoms with Crippen LogP contribution in [0, 0.1) is 0 Å². The maximum atomic E-state index is 13.5. The van der Waals surface area contributed by atoms with E-state index in [-0.39, 0.29) is 12.6 Å². The van der Waals surface area contributed by atoms with Gasteiger partial charge in [-0.1, -0.05) is 48.5 Å².